The van der Waals surface area contributed by atoms with Crippen LogP contribution in [-0.2, 0) is 45.4 Å². The maximum absolute atomic E-state index is 15.2. The van der Waals surface area contributed by atoms with Crippen molar-refractivity contribution in [2.24, 2.45) is 11.8 Å². The van der Waals surface area contributed by atoms with Crippen LogP contribution in [0.25, 0.3) is 11.3 Å². The molecule has 0 radical (unpaired) electrons. The third kappa shape index (κ3) is 11.5. The Balaban J connectivity index is 1.15. The quantitative estimate of drug-likeness (QED) is 0.0694. The maximum Gasteiger partial charge on any atom is 0.270 e. The third-order valence-corrected chi connectivity index (χ3v) is 12.2. The lowest BCUT2D eigenvalue weighted by atomic mass is 9.88. The highest BCUT2D eigenvalue weighted by molar-refractivity contribution is 7.86. The van der Waals surface area contributed by atoms with E-state index >= 15 is 4.39 Å². The van der Waals surface area contributed by atoms with E-state index in [1.54, 1.807) is 11.1 Å². The number of ether oxygens (including phenoxy) is 1. The predicted octanol–water partition coefficient (Wildman–Crippen LogP) is 1.34. The summed E-state index contributed by atoms with van der Waals surface area (Å²) in [6.07, 6.45) is 2.77. The zero-order valence-corrected chi connectivity index (χ0v) is 34.2. The fourth-order valence-corrected chi connectivity index (χ4v) is 8.61. The molecule has 2 saturated heterocycles. The Kier molecular flexibility index (Phi) is 14.8. The maximum atomic E-state index is 15.2. The second kappa shape index (κ2) is 20.0. The summed E-state index contributed by atoms with van der Waals surface area (Å²) >= 11 is 0. The summed E-state index contributed by atoms with van der Waals surface area (Å²) in [5, 5.41) is 17.4. The van der Waals surface area contributed by atoms with Gasteiger partial charge in [0.2, 0.25) is 11.8 Å². The highest BCUT2D eigenvalue weighted by Crippen LogP contribution is 2.38. The first-order valence-corrected chi connectivity index (χ1v) is 21.5. The van der Waals surface area contributed by atoms with Crippen LogP contribution in [0.5, 0.6) is 0 Å². The van der Waals surface area contributed by atoms with Crippen molar-refractivity contribution < 1.29 is 55.6 Å². The minimum atomic E-state index is -4.82. The zero-order valence-electron chi connectivity index (χ0n) is 33.4. The minimum absolute atomic E-state index is 0.0476. The first-order valence-electron chi connectivity index (χ1n) is 20.0. The monoisotopic (exact) mass is 869 g/mol. The topological polar surface area (TPSA) is 230 Å². The number of rotatable bonds is 18. The highest BCUT2D eigenvalue weighted by atomic mass is 32.2. The van der Waals surface area contributed by atoms with Crippen LogP contribution in [0, 0.1) is 23.5 Å². The van der Waals surface area contributed by atoms with Crippen LogP contribution in [0.3, 0.4) is 0 Å². The van der Waals surface area contributed by atoms with Crippen LogP contribution < -0.4 is 16.0 Å². The van der Waals surface area contributed by atoms with Crippen molar-refractivity contribution in [3.05, 3.63) is 89.9 Å². The lowest BCUT2D eigenvalue weighted by Crippen LogP contribution is -2.47. The fourth-order valence-electron chi connectivity index (χ4n) is 7.91. The van der Waals surface area contributed by atoms with E-state index < -0.39 is 87.7 Å². The molecule has 4 heterocycles. The van der Waals surface area contributed by atoms with Crippen molar-refractivity contribution in [3.8, 4) is 11.3 Å². The number of carbonyl (C=O) groups is 5. The SMILES string of the molecule is CC(O)C(=O)N(CC1CNC(C(=O)NCCNC(=O)CC(CN2C(=O)C=CC2=O)S(=O)(=O)O)C1)C(c1nc(-c2cc(F)ccc2F)cn1Cc1ccccc1)C1CCOCC1. The van der Waals surface area contributed by atoms with Gasteiger partial charge in [0.05, 0.1) is 17.8 Å². The molecule has 2 aromatic carbocycles. The smallest absolute Gasteiger partial charge is 0.270 e. The normalized spacial score (nSPS) is 19.8. The molecule has 0 saturated carbocycles. The number of imidazole rings is 1. The Morgan fingerprint density at radius 1 is 1.03 bits per heavy atom. The lowest BCUT2D eigenvalue weighted by molar-refractivity contribution is -0.145. The summed E-state index contributed by atoms with van der Waals surface area (Å²) in [6.45, 7) is 2.06. The molecule has 328 valence electrons. The number of nitrogens with zero attached hydrogens (tertiary/aromatic N) is 4. The van der Waals surface area contributed by atoms with E-state index in [4.69, 9.17) is 9.72 Å². The lowest BCUT2D eigenvalue weighted by Gasteiger charge is -2.40. The van der Waals surface area contributed by atoms with Gasteiger partial charge in [-0.25, -0.2) is 13.8 Å². The Morgan fingerprint density at radius 3 is 2.39 bits per heavy atom. The number of carbonyl (C=O) groups excluding carboxylic acids is 5. The summed E-state index contributed by atoms with van der Waals surface area (Å²) in [6, 6.07) is 11.2. The summed E-state index contributed by atoms with van der Waals surface area (Å²) < 4.78 is 70.6. The van der Waals surface area contributed by atoms with Crippen molar-refractivity contribution >= 4 is 39.7 Å². The van der Waals surface area contributed by atoms with Gasteiger partial charge in [-0.2, -0.15) is 8.42 Å². The van der Waals surface area contributed by atoms with Crippen LogP contribution in [0.2, 0.25) is 0 Å². The van der Waals surface area contributed by atoms with Crippen LogP contribution in [0.1, 0.15) is 50.0 Å². The van der Waals surface area contributed by atoms with Crippen molar-refractivity contribution in [1.29, 1.82) is 0 Å². The number of benzene rings is 2. The van der Waals surface area contributed by atoms with Gasteiger partial charge >= 0.3 is 0 Å². The molecular weight excluding hydrogens is 821 g/mol. The molecule has 61 heavy (non-hydrogen) atoms. The molecule has 6 rings (SSSR count). The van der Waals surface area contributed by atoms with E-state index in [0.717, 1.165) is 35.9 Å². The first kappa shape index (κ1) is 45.1. The van der Waals surface area contributed by atoms with Gasteiger partial charge in [-0.1, -0.05) is 30.3 Å². The number of aromatic nitrogens is 2. The van der Waals surface area contributed by atoms with E-state index in [1.807, 2.05) is 34.9 Å². The molecule has 0 spiro atoms. The summed E-state index contributed by atoms with van der Waals surface area (Å²) in [4.78, 5) is 70.8. The van der Waals surface area contributed by atoms with E-state index in [0.29, 0.717) is 56.3 Å². The van der Waals surface area contributed by atoms with E-state index in [2.05, 4.69) is 16.0 Å². The van der Waals surface area contributed by atoms with E-state index in [9.17, 15) is 46.4 Å². The average molecular weight is 870 g/mol. The molecule has 0 bridgehead atoms. The Hall–Kier alpha value is -5.41. The van der Waals surface area contributed by atoms with Gasteiger partial charge < -0.3 is 35.3 Å². The molecular formula is C41H49F2N7O10S. The van der Waals surface area contributed by atoms with Crippen LogP contribution >= 0.6 is 0 Å². The molecule has 17 nitrogen and oxygen atoms in total. The molecule has 5 amide bonds. The molecule has 5 N–H and O–H groups in total. The molecule has 3 aromatic rings. The molecule has 2 fully saturated rings. The van der Waals surface area contributed by atoms with Gasteiger partial charge in [-0.05, 0) is 61.8 Å². The van der Waals surface area contributed by atoms with E-state index in [1.165, 1.54) is 6.92 Å². The van der Waals surface area contributed by atoms with Gasteiger partial charge in [-0.3, -0.25) is 33.4 Å². The van der Waals surface area contributed by atoms with Gasteiger partial charge in [0.15, 0.2) is 0 Å². The van der Waals surface area contributed by atoms with Gasteiger partial charge in [-0.15, -0.1) is 0 Å². The predicted molar refractivity (Wildman–Crippen MR) is 215 cm³/mol. The Labute approximate surface area is 351 Å². The number of nitrogens with one attached hydrogen (secondary N) is 3. The van der Waals surface area contributed by atoms with Crippen molar-refractivity contribution in [3.63, 3.8) is 0 Å². The molecule has 20 heteroatoms. The standard InChI is InChI=1S/C41H49F2N7O10S/c1-25(51)41(56)50(22-27-17-33(46-20-27)40(55)45-14-13-44-35(52)19-30(61(57,58)59)23-49-36(53)9-10-37(49)54)38(28-11-15-60-16-12-28)39-47-34(31-18-29(42)7-8-32(31)43)24-48(39)21-26-5-3-2-4-6-26/h2-10,18,24-25,27-28,30,33,38,46,51H,11-17,19-23H2,1H3,(H,44,52)(H,45,55)(H,57,58,59). The van der Waals surface area contributed by atoms with Crippen molar-refractivity contribution in [1.82, 2.24) is 35.3 Å². The second-order valence-electron chi connectivity index (χ2n) is 15.4. The van der Waals surface area contributed by atoms with Gasteiger partial charge in [0, 0.05) is 82.8 Å². The molecule has 3 aliphatic heterocycles. The van der Waals surface area contributed by atoms with Gasteiger partial charge in [0.1, 0.15) is 28.8 Å². The number of imide groups is 1. The van der Waals surface area contributed by atoms with Crippen LogP contribution in [-0.4, -0.2) is 130 Å². The Morgan fingerprint density at radius 2 is 1.72 bits per heavy atom. The number of amides is 5. The Bertz CT molecular complexity index is 2220. The number of aliphatic hydroxyl groups is 1. The number of aliphatic hydroxyl groups excluding tert-OH is 1. The summed E-state index contributed by atoms with van der Waals surface area (Å²) in [5.74, 6) is -4.69. The van der Waals surface area contributed by atoms with Gasteiger partial charge in [0.25, 0.3) is 27.8 Å². The second-order valence-corrected chi connectivity index (χ2v) is 17.1. The largest absolute Gasteiger partial charge is 0.384 e. The highest BCUT2D eigenvalue weighted by Gasteiger charge is 2.41. The number of halogens is 2. The average Bonchev–Trinajstić information content (AvgIpc) is 3.96. The van der Waals surface area contributed by atoms with E-state index in [-0.39, 0.29) is 42.7 Å². The number of hydrogen-bond acceptors (Lipinski definition) is 11. The molecule has 3 aliphatic rings. The first-order chi connectivity index (χ1) is 29.1. The van der Waals surface area contributed by atoms with Crippen LogP contribution in [0.15, 0.2) is 66.9 Å². The third-order valence-electron chi connectivity index (χ3n) is 11.0. The minimum Gasteiger partial charge on any atom is -0.384 e. The molecule has 0 aliphatic carbocycles. The summed E-state index contributed by atoms with van der Waals surface area (Å²) in [5.41, 5.74) is 1.02. The van der Waals surface area contributed by atoms with Crippen molar-refractivity contribution in [2.75, 3.05) is 45.9 Å². The molecule has 5 atom stereocenters. The zero-order chi connectivity index (χ0) is 43.8. The summed E-state index contributed by atoms with van der Waals surface area (Å²) in [7, 11) is -4.82. The fraction of sp³-hybridized carbons (Fsp3) is 0.463. The molecule has 5 unspecified atom stereocenters. The van der Waals surface area contributed by atoms with Crippen LogP contribution in [0.4, 0.5) is 8.78 Å². The number of hydrogen-bond donors (Lipinski definition) is 5. The molecule has 1 aromatic heterocycles. The van der Waals surface area contributed by atoms with Crippen molar-refractivity contribution in [2.45, 2.75) is 62.6 Å².